The maximum Gasteiger partial charge on any atom is 0.357 e. The molecule has 0 aliphatic carbocycles. The fraction of sp³-hybridized carbons (Fsp3) is 0.269. The zero-order valence-corrected chi connectivity index (χ0v) is 42.9. The maximum absolute atomic E-state index is 14.0. The van der Waals surface area contributed by atoms with Crippen molar-refractivity contribution in [3.05, 3.63) is 127 Å². The second kappa shape index (κ2) is 21.6. The van der Waals surface area contributed by atoms with Crippen LogP contribution in [0.15, 0.2) is 98.2 Å². The Kier molecular flexibility index (Phi) is 15.0. The number of esters is 6. The van der Waals surface area contributed by atoms with Crippen LogP contribution in [-0.2, 0) is 53.4 Å². The first-order valence-electron chi connectivity index (χ1n) is 23.2. The van der Waals surface area contributed by atoms with Gasteiger partial charge in [0, 0.05) is 96.8 Å². The predicted molar refractivity (Wildman–Crippen MR) is 268 cm³/mol. The Labute approximate surface area is 443 Å². The molecule has 9 rings (SSSR count). The number of fused-ring (bicyclic) bond motifs is 8. The van der Waals surface area contributed by atoms with Gasteiger partial charge >= 0.3 is 41.4 Å². The summed E-state index contributed by atoms with van der Waals surface area (Å²) in [6, 6.07) is 17.2. The average Bonchev–Trinajstić information content (AvgIpc) is 3.74. The van der Waals surface area contributed by atoms with Crippen molar-refractivity contribution in [2.24, 2.45) is 0 Å². The average molecular weight is 1100 g/mol. The highest BCUT2D eigenvalue weighted by Crippen LogP contribution is 2.57. The summed E-state index contributed by atoms with van der Waals surface area (Å²) in [6.07, 6.45) is 0.380. The standard InChI is InChI=1S/C52H42ClN3O18S2/c1-5-6-43(61)72-41-20-38-27(16-37(41)53)15-33(49(64)73-38)46(62)54-14-13-42(60)55-44-47(63)56-45(51(66)68-23-67-24(2)57)28(22-76-48(44)56)21-75-31-9-12-34-32(19-31)50(65)74-52(34)35-10-7-29(69-25(3)58)17-39(35)71-40-18-30(70-26(4)59)8-11-36(40)52/h7-12,15-20,44,48H,5-6,13-14,21-23H2,1-4H3,(H,54,62)(H,55,60)/t44-,48-/m1/s1. The zero-order valence-electron chi connectivity index (χ0n) is 40.5. The zero-order chi connectivity index (χ0) is 54.2. The van der Waals surface area contributed by atoms with Gasteiger partial charge in [0.05, 0.1) is 10.6 Å². The van der Waals surface area contributed by atoms with Gasteiger partial charge in [-0.25, -0.2) is 14.4 Å². The molecule has 4 aromatic carbocycles. The van der Waals surface area contributed by atoms with Crippen LogP contribution in [0.4, 0.5) is 0 Å². The highest BCUT2D eigenvalue weighted by molar-refractivity contribution is 8.01. The third kappa shape index (κ3) is 10.4. The van der Waals surface area contributed by atoms with Gasteiger partial charge in [-0.3, -0.25) is 38.5 Å². The maximum atomic E-state index is 14.0. The Morgan fingerprint density at radius 1 is 0.816 bits per heavy atom. The highest BCUT2D eigenvalue weighted by atomic mass is 35.5. The van der Waals surface area contributed by atoms with Gasteiger partial charge in [0.2, 0.25) is 12.7 Å². The summed E-state index contributed by atoms with van der Waals surface area (Å²) in [5, 5.41) is 4.69. The van der Waals surface area contributed by atoms with Gasteiger partial charge in [-0.05, 0) is 60.5 Å². The number of carbonyl (C=O) groups is 9. The van der Waals surface area contributed by atoms with E-state index in [0.717, 1.165) is 6.92 Å². The summed E-state index contributed by atoms with van der Waals surface area (Å²) < 4.78 is 43.8. The molecule has 0 unspecified atom stereocenters. The van der Waals surface area contributed by atoms with Crippen molar-refractivity contribution in [3.63, 3.8) is 0 Å². The number of amides is 3. The van der Waals surface area contributed by atoms with E-state index in [2.05, 4.69) is 10.6 Å². The molecule has 1 fully saturated rings. The molecule has 2 atom stereocenters. The summed E-state index contributed by atoms with van der Waals surface area (Å²) in [5.41, 5.74) is -1.09. The fourth-order valence-electron chi connectivity index (χ4n) is 8.77. The predicted octanol–water partition coefficient (Wildman–Crippen LogP) is 6.20. The summed E-state index contributed by atoms with van der Waals surface area (Å²) in [6.45, 7) is 4.43. The van der Waals surface area contributed by atoms with E-state index in [0.29, 0.717) is 33.6 Å². The lowest BCUT2D eigenvalue weighted by molar-refractivity contribution is -0.166. The first-order valence-corrected chi connectivity index (χ1v) is 25.6. The van der Waals surface area contributed by atoms with Crippen LogP contribution in [0.2, 0.25) is 5.02 Å². The van der Waals surface area contributed by atoms with Crippen LogP contribution in [0.3, 0.4) is 0 Å². The number of halogens is 1. The quantitative estimate of drug-likeness (QED) is 0.0278. The minimum atomic E-state index is -1.55. The Balaban J connectivity index is 0.891. The van der Waals surface area contributed by atoms with Crippen LogP contribution in [-0.4, -0.2) is 94.7 Å². The number of hydrogen-bond acceptors (Lipinski definition) is 20. The van der Waals surface area contributed by atoms with Gasteiger partial charge in [-0.2, -0.15) is 0 Å². The SMILES string of the molecule is CCCC(=O)Oc1cc2oc(=O)c(C(=O)NCCC(=O)N[C@@H]3C(=O)N4C(C(=O)OCOC(C)=O)=C(CSc5ccc6c(c5)C(=O)OC65c6ccc(OC(C)=O)cc6Oc6cc(OC(C)=O)ccc65)CS[C@H]34)cc2cc1Cl. The van der Waals surface area contributed by atoms with E-state index in [4.69, 9.17) is 49.2 Å². The number of hydrogen-bond donors (Lipinski definition) is 2. The second-order valence-electron chi connectivity index (χ2n) is 17.3. The Hall–Kier alpha value is -8.15. The molecule has 2 N–H and O–H groups in total. The molecule has 392 valence electrons. The van der Waals surface area contributed by atoms with Crippen molar-refractivity contribution >= 4 is 99.6 Å². The van der Waals surface area contributed by atoms with Crippen molar-refractivity contribution in [2.45, 2.75) is 68.9 Å². The van der Waals surface area contributed by atoms with Crippen molar-refractivity contribution in [2.75, 3.05) is 24.8 Å². The Morgan fingerprint density at radius 3 is 2.16 bits per heavy atom. The lowest BCUT2D eigenvalue weighted by Crippen LogP contribution is -2.70. The molecule has 0 bridgehead atoms. The molecule has 5 aromatic rings. The molecule has 4 aliphatic heterocycles. The molecular weight excluding hydrogens is 1050 g/mol. The number of β-lactam (4-membered cyclic amide) rings is 1. The molecule has 0 radical (unpaired) electrons. The summed E-state index contributed by atoms with van der Waals surface area (Å²) in [4.78, 5) is 129. The van der Waals surface area contributed by atoms with E-state index in [1.165, 1.54) is 72.6 Å². The molecule has 76 heavy (non-hydrogen) atoms. The minimum Gasteiger partial charge on any atom is -0.456 e. The van der Waals surface area contributed by atoms with E-state index in [-0.39, 0.29) is 92.5 Å². The summed E-state index contributed by atoms with van der Waals surface area (Å²) in [5.74, 6) is -5.14. The van der Waals surface area contributed by atoms with Gasteiger partial charge in [-0.15, -0.1) is 23.5 Å². The van der Waals surface area contributed by atoms with E-state index in [1.54, 1.807) is 49.4 Å². The van der Waals surface area contributed by atoms with Crippen molar-refractivity contribution in [1.82, 2.24) is 15.5 Å². The van der Waals surface area contributed by atoms with E-state index in [1.807, 2.05) is 0 Å². The van der Waals surface area contributed by atoms with E-state index in [9.17, 15) is 47.9 Å². The van der Waals surface area contributed by atoms with Crippen LogP contribution in [0.1, 0.15) is 84.4 Å². The summed E-state index contributed by atoms with van der Waals surface area (Å²) in [7, 11) is 0. The number of benzene rings is 4. The number of thioether (sulfide) groups is 2. The van der Waals surface area contributed by atoms with Crippen molar-refractivity contribution in [3.8, 4) is 28.7 Å². The van der Waals surface area contributed by atoms with Crippen molar-refractivity contribution in [1.29, 1.82) is 0 Å². The summed E-state index contributed by atoms with van der Waals surface area (Å²) >= 11 is 8.79. The van der Waals surface area contributed by atoms with E-state index < -0.39 is 83.0 Å². The number of nitrogens with one attached hydrogen (secondary N) is 2. The molecule has 1 aromatic heterocycles. The number of rotatable bonds is 16. The van der Waals surface area contributed by atoms with Crippen LogP contribution in [0.25, 0.3) is 11.0 Å². The third-order valence-electron chi connectivity index (χ3n) is 12.0. The van der Waals surface area contributed by atoms with Gasteiger partial charge in [0.15, 0.2) is 11.4 Å². The van der Waals surface area contributed by atoms with E-state index >= 15 is 0 Å². The Bertz CT molecular complexity index is 3380. The molecule has 1 spiro atoms. The van der Waals surface area contributed by atoms with Crippen LogP contribution in [0, 0.1) is 0 Å². The van der Waals surface area contributed by atoms with Crippen molar-refractivity contribution < 1.29 is 80.7 Å². The lowest BCUT2D eigenvalue weighted by Gasteiger charge is -2.49. The smallest absolute Gasteiger partial charge is 0.357 e. The lowest BCUT2D eigenvalue weighted by atomic mass is 9.77. The second-order valence-corrected chi connectivity index (χ2v) is 19.8. The first-order chi connectivity index (χ1) is 36.3. The molecule has 21 nitrogen and oxygen atoms in total. The Morgan fingerprint density at radius 2 is 1.50 bits per heavy atom. The molecule has 4 aliphatic rings. The molecule has 24 heteroatoms. The fourth-order valence-corrected chi connectivity index (χ4v) is 11.4. The molecule has 0 saturated carbocycles. The molecule has 3 amide bonds. The monoisotopic (exact) mass is 1100 g/mol. The largest absolute Gasteiger partial charge is 0.456 e. The highest BCUT2D eigenvalue weighted by Gasteiger charge is 2.56. The van der Waals surface area contributed by atoms with Gasteiger partial charge in [0.25, 0.3) is 11.8 Å². The molecule has 1 saturated heterocycles. The third-order valence-corrected chi connectivity index (χ3v) is 14.7. The van der Waals surface area contributed by atoms with Gasteiger partial charge in [-0.1, -0.05) is 24.6 Å². The number of nitrogens with zero attached hydrogens (tertiary/aromatic N) is 1. The van der Waals surface area contributed by atoms with Crippen LogP contribution in [0.5, 0.6) is 28.7 Å². The van der Waals surface area contributed by atoms with Gasteiger partial charge in [0.1, 0.15) is 51.3 Å². The number of ether oxygens (including phenoxy) is 7. The van der Waals surface area contributed by atoms with Gasteiger partial charge < -0.3 is 48.2 Å². The normalized spacial score (nSPS) is 16.4. The van der Waals surface area contributed by atoms with Crippen LogP contribution >= 0.6 is 35.1 Å². The minimum absolute atomic E-state index is 0.0156. The molecule has 5 heterocycles. The first kappa shape index (κ1) is 52.7. The molecular formula is C52H42ClN3O18S2. The van der Waals surface area contributed by atoms with Crippen LogP contribution < -0.4 is 35.2 Å². The topological polar surface area (TPSA) is 276 Å². The number of carbonyl (C=O) groups excluding carboxylic acids is 9.